The minimum atomic E-state index is -0.207. The summed E-state index contributed by atoms with van der Waals surface area (Å²) in [7, 11) is 0. The molecule has 0 spiro atoms. The smallest absolute Gasteiger partial charge is 0.253 e. The third kappa shape index (κ3) is 5.83. The number of hydrogen-bond donors (Lipinski definition) is 1. The van der Waals surface area contributed by atoms with Crippen molar-refractivity contribution in [2.45, 2.75) is 33.2 Å². The van der Waals surface area contributed by atoms with Crippen LogP contribution < -0.4 is 5.32 Å². The number of rotatable bonds is 7. The van der Waals surface area contributed by atoms with Crippen LogP contribution in [0.3, 0.4) is 0 Å². The lowest BCUT2D eigenvalue weighted by atomic mass is 9.96. The van der Waals surface area contributed by atoms with Gasteiger partial charge in [0.25, 0.3) is 5.91 Å². The van der Waals surface area contributed by atoms with Crippen molar-refractivity contribution in [3.05, 3.63) is 64.7 Å². The summed E-state index contributed by atoms with van der Waals surface area (Å²) in [6, 6.07) is 14.9. The molecule has 2 aromatic rings. The maximum atomic E-state index is 12.9. The molecule has 1 saturated heterocycles. The number of carbonyl (C=O) groups is 2. The second-order valence-corrected chi connectivity index (χ2v) is 8.18. The molecule has 30 heavy (non-hydrogen) atoms. The first kappa shape index (κ1) is 22.3. The van der Waals surface area contributed by atoms with Gasteiger partial charge < -0.3 is 10.2 Å². The van der Waals surface area contributed by atoms with Crippen LogP contribution in [0.25, 0.3) is 0 Å². The van der Waals surface area contributed by atoms with E-state index in [-0.39, 0.29) is 17.7 Å². The van der Waals surface area contributed by atoms with Gasteiger partial charge in [-0.25, -0.2) is 0 Å². The lowest BCUT2D eigenvalue weighted by Gasteiger charge is -2.32. The van der Waals surface area contributed by atoms with Crippen LogP contribution in [0.4, 0.5) is 5.69 Å². The normalized spacial score (nSPS) is 16.5. The third-order valence-electron chi connectivity index (χ3n) is 5.67. The van der Waals surface area contributed by atoms with Crippen molar-refractivity contribution in [3.63, 3.8) is 0 Å². The Labute approximate surface area is 184 Å². The van der Waals surface area contributed by atoms with E-state index in [9.17, 15) is 9.59 Å². The number of carbonyl (C=O) groups excluding carboxylic acids is 2. The van der Waals surface area contributed by atoms with E-state index in [0.717, 1.165) is 38.2 Å². The average molecular weight is 428 g/mol. The van der Waals surface area contributed by atoms with E-state index in [1.165, 1.54) is 5.56 Å². The van der Waals surface area contributed by atoms with Gasteiger partial charge in [-0.2, -0.15) is 0 Å². The molecule has 1 atom stereocenters. The minimum Gasteiger partial charge on any atom is -0.338 e. The maximum absolute atomic E-state index is 12.9. The number of halogens is 1. The van der Waals surface area contributed by atoms with Crippen molar-refractivity contribution in [2.75, 3.05) is 31.5 Å². The molecule has 1 heterocycles. The van der Waals surface area contributed by atoms with Crippen molar-refractivity contribution in [1.29, 1.82) is 0 Å². The molecule has 5 nitrogen and oxygen atoms in total. The van der Waals surface area contributed by atoms with E-state index in [2.05, 4.69) is 30.1 Å². The summed E-state index contributed by atoms with van der Waals surface area (Å²) in [4.78, 5) is 29.8. The Bertz CT molecular complexity index is 865. The Kier molecular flexibility index (Phi) is 7.88. The van der Waals surface area contributed by atoms with Gasteiger partial charge in [-0.15, -0.1) is 0 Å². The highest BCUT2D eigenvalue weighted by Crippen LogP contribution is 2.22. The third-order valence-corrected chi connectivity index (χ3v) is 5.92. The largest absolute Gasteiger partial charge is 0.338 e. The van der Waals surface area contributed by atoms with Crippen molar-refractivity contribution in [2.24, 2.45) is 5.92 Å². The van der Waals surface area contributed by atoms with E-state index in [0.29, 0.717) is 23.7 Å². The van der Waals surface area contributed by atoms with E-state index >= 15 is 0 Å². The highest BCUT2D eigenvalue weighted by molar-refractivity contribution is 6.30. The zero-order chi connectivity index (χ0) is 21.5. The molecule has 1 aliphatic rings. The Morgan fingerprint density at radius 2 is 1.87 bits per heavy atom. The topological polar surface area (TPSA) is 52.7 Å². The van der Waals surface area contributed by atoms with Gasteiger partial charge in [0.15, 0.2) is 0 Å². The second kappa shape index (κ2) is 10.6. The number of benzene rings is 2. The van der Waals surface area contributed by atoms with Crippen LogP contribution in [0.2, 0.25) is 5.02 Å². The standard InChI is InChI=1S/C24H30ClN3O2/c1-3-27(4-2)16-18-7-5-9-22(15-18)26-23(29)20-8-6-14-28(17-20)24(30)19-10-12-21(25)13-11-19/h5,7,9-13,15,20H,3-4,6,8,14,16-17H2,1-2H3,(H,26,29). The molecule has 3 rings (SSSR count). The predicted octanol–water partition coefficient (Wildman–Crippen LogP) is 4.67. The van der Waals surface area contributed by atoms with Crippen LogP contribution in [-0.2, 0) is 11.3 Å². The molecule has 2 aromatic carbocycles. The van der Waals surface area contributed by atoms with Crippen molar-refractivity contribution in [3.8, 4) is 0 Å². The summed E-state index contributed by atoms with van der Waals surface area (Å²) >= 11 is 5.92. The summed E-state index contributed by atoms with van der Waals surface area (Å²) in [6.45, 7) is 8.25. The minimum absolute atomic E-state index is 0.0244. The molecule has 0 saturated carbocycles. The average Bonchev–Trinajstić information content (AvgIpc) is 2.78. The van der Waals surface area contributed by atoms with E-state index in [1.807, 2.05) is 18.2 Å². The van der Waals surface area contributed by atoms with E-state index in [4.69, 9.17) is 11.6 Å². The van der Waals surface area contributed by atoms with E-state index in [1.54, 1.807) is 29.2 Å². The maximum Gasteiger partial charge on any atom is 0.253 e. The van der Waals surface area contributed by atoms with Crippen LogP contribution in [0.15, 0.2) is 48.5 Å². The van der Waals surface area contributed by atoms with Gasteiger partial charge in [0.1, 0.15) is 0 Å². The zero-order valence-electron chi connectivity index (χ0n) is 17.7. The molecule has 6 heteroatoms. The van der Waals surface area contributed by atoms with Crippen LogP contribution in [0.5, 0.6) is 0 Å². The second-order valence-electron chi connectivity index (χ2n) is 7.75. The summed E-state index contributed by atoms with van der Waals surface area (Å²) < 4.78 is 0. The van der Waals surface area contributed by atoms with Crippen LogP contribution in [-0.4, -0.2) is 47.8 Å². The number of piperidine rings is 1. The Morgan fingerprint density at radius 3 is 2.57 bits per heavy atom. The molecule has 0 aromatic heterocycles. The van der Waals surface area contributed by atoms with Gasteiger partial charge in [0.05, 0.1) is 5.92 Å². The number of hydrogen-bond acceptors (Lipinski definition) is 3. The number of nitrogens with zero attached hydrogens (tertiary/aromatic N) is 2. The van der Waals surface area contributed by atoms with Gasteiger partial charge >= 0.3 is 0 Å². The lowest BCUT2D eigenvalue weighted by Crippen LogP contribution is -2.43. The fraction of sp³-hybridized carbons (Fsp3) is 0.417. The van der Waals surface area contributed by atoms with Gasteiger partial charge in [-0.3, -0.25) is 14.5 Å². The highest BCUT2D eigenvalue weighted by Gasteiger charge is 2.29. The Morgan fingerprint density at radius 1 is 1.13 bits per heavy atom. The molecule has 1 unspecified atom stereocenters. The molecule has 0 radical (unpaired) electrons. The summed E-state index contributed by atoms with van der Waals surface area (Å²) in [5.41, 5.74) is 2.59. The van der Waals surface area contributed by atoms with Gasteiger partial charge in [-0.05, 0) is 67.9 Å². The molecule has 1 fully saturated rings. The Balaban J connectivity index is 1.61. The van der Waals surface area contributed by atoms with Crippen LogP contribution >= 0.6 is 11.6 Å². The first-order chi connectivity index (χ1) is 14.5. The highest BCUT2D eigenvalue weighted by atomic mass is 35.5. The van der Waals surface area contributed by atoms with Gasteiger partial charge in [0, 0.05) is 35.9 Å². The zero-order valence-corrected chi connectivity index (χ0v) is 18.5. The SMILES string of the molecule is CCN(CC)Cc1cccc(NC(=O)C2CCCN(C(=O)c3ccc(Cl)cc3)C2)c1. The Hall–Kier alpha value is -2.37. The first-order valence-electron chi connectivity index (χ1n) is 10.7. The molecule has 0 bridgehead atoms. The first-order valence-corrected chi connectivity index (χ1v) is 11.0. The number of amides is 2. The number of likely N-dealkylation sites (tertiary alicyclic amines) is 1. The molecular formula is C24H30ClN3O2. The summed E-state index contributed by atoms with van der Waals surface area (Å²) in [5.74, 6) is -0.282. The molecule has 1 aliphatic heterocycles. The molecule has 160 valence electrons. The van der Waals surface area contributed by atoms with E-state index < -0.39 is 0 Å². The quantitative estimate of drug-likeness (QED) is 0.698. The number of anilines is 1. The van der Waals surface area contributed by atoms with Crippen molar-refractivity contribution in [1.82, 2.24) is 9.80 Å². The summed E-state index contributed by atoms with van der Waals surface area (Å²) in [6.07, 6.45) is 1.61. The summed E-state index contributed by atoms with van der Waals surface area (Å²) in [5, 5.41) is 3.66. The monoisotopic (exact) mass is 427 g/mol. The molecular weight excluding hydrogens is 398 g/mol. The molecule has 1 N–H and O–H groups in total. The predicted molar refractivity (Wildman–Crippen MR) is 122 cm³/mol. The fourth-order valence-electron chi connectivity index (χ4n) is 3.85. The van der Waals surface area contributed by atoms with Crippen LogP contribution in [0, 0.1) is 5.92 Å². The lowest BCUT2D eigenvalue weighted by molar-refractivity contribution is -0.121. The van der Waals surface area contributed by atoms with Gasteiger partial charge in [-0.1, -0.05) is 37.6 Å². The van der Waals surface area contributed by atoms with Crippen LogP contribution in [0.1, 0.15) is 42.6 Å². The molecule has 0 aliphatic carbocycles. The van der Waals surface area contributed by atoms with Crippen molar-refractivity contribution >= 4 is 29.1 Å². The molecule has 2 amide bonds. The fourth-order valence-corrected chi connectivity index (χ4v) is 3.97. The number of nitrogens with one attached hydrogen (secondary N) is 1. The van der Waals surface area contributed by atoms with Crippen molar-refractivity contribution < 1.29 is 9.59 Å². The van der Waals surface area contributed by atoms with Gasteiger partial charge in [0.2, 0.25) is 5.91 Å².